The molecule has 3 saturated carbocycles. The number of esters is 4. The first kappa shape index (κ1) is 40.3. The zero-order valence-corrected chi connectivity index (χ0v) is 32.6. The lowest BCUT2D eigenvalue weighted by molar-refractivity contribution is -0.744. The third-order valence-corrected chi connectivity index (χ3v) is 14.0. The Morgan fingerprint density at radius 1 is 0.966 bits per heavy atom. The number of ketones is 1. The van der Waals surface area contributed by atoms with Crippen LogP contribution in [-0.4, -0.2) is 81.5 Å². The van der Waals surface area contributed by atoms with Crippen molar-refractivity contribution in [3.8, 4) is 5.88 Å². The predicted octanol–water partition coefficient (Wildman–Crippen LogP) is 3.38. The molecule has 17 nitrogen and oxygen atoms in total. The summed E-state index contributed by atoms with van der Waals surface area (Å²) in [6.07, 6.45) is 0.0600. The number of benzene rings is 2. The number of aromatic amines is 1. The lowest BCUT2D eigenvalue weighted by Gasteiger charge is -2.62. The topological polar surface area (TPSA) is 235 Å². The van der Waals surface area contributed by atoms with Crippen molar-refractivity contribution in [3.05, 3.63) is 82.8 Å². The average Bonchev–Trinajstić information content (AvgIpc) is 3.63. The van der Waals surface area contributed by atoms with Crippen molar-refractivity contribution in [2.45, 2.75) is 68.6 Å². The Kier molecular flexibility index (Phi) is 10.3. The maximum atomic E-state index is 14.3. The molecule has 7 rings (SSSR count). The zero-order chi connectivity index (χ0) is 41.8. The highest BCUT2D eigenvalue weighted by molar-refractivity contribution is 7.91. The van der Waals surface area contributed by atoms with Crippen molar-refractivity contribution in [1.82, 2.24) is 5.16 Å². The van der Waals surface area contributed by atoms with Crippen LogP contribution in [0.3, 0.4) is 0 Å². The molecular weight excluding hydrogens is 781 g/mol. The van der Waals surface area contributed by atoms with Crippen molar-refractivity contribution in [1.29, 1.82) is 0 Å². The van der Waals surface area contributed by atoms with Gasteiger partial charge in [0.15, 0.2) is 11.2 Å². The number of nitrogens with zero attached hydrogens (tertiary/aromatic N) is 1. The minimum absolute atomic E-state index is 0.0187. The molecule has 1 aliphatic heterocycles. The Bertz CT molecular complexity index is 2370. The fraction of sp³-hybridized carbons (Fsp3) is 0.450. The number of nitrogens with one attached hydrogen (secondary N) is 1. The van der Waals surface area contributed by atoms with Gasteiger partial charge in [0.25, 0.3) is 9.84 Å². The molecule has 4 fully saturated rings. The van der Waals surface area contributed by atoms with Crippen molar-refractivity contribution < 1.29 is 70.1 Å². The minimum Gasteiger partial charge on any atom is -0.464 e. The summed E-state index contributed by atoms with van der Waals surface area (Å²) in [5.74, 6) is -6.76. The Balaban J connectivity index is 1.06. The Morgan fingerprint density at radius 2 is 1.64 bits per heavy atom. The molecule has 58 heavy (non-hydrogen) atoms. The van der Waals surface area contributed by atoms with Gasteiger partial charge in [0.1, 0.15) is 38.3 Å². The first-order chi connectivity index (χ1) is 27.5. The van der Waals surface area contributed by atoms with Gasteiger partial charge in [-0.1, -0.05) is 43.3 Å². The number of fused-ring (bicyclic) bond motifs is 2. The van der Waals surface area contributed by atoms with Crippen LogP contribution in [0.25, 0.3) is 0 Å². The summed E-state index contributed by atoms with van der Waals surface area (Å²) in [4.78, 5) is 92.4. The quantitative estimate of drug-likeness (QED) is 0.0729. The SMILES string of the molecule is C=C1C(=O)[C@@]23C(=O)OC[C@]4([C@@H](OC(C)=O)CCC(C)(C)[C@H]4C=O)[C@@H]2CC[C@@H]1[C@H]3OC(=O)c1ccc(C(=O)OCCOc2[nH]o[n+](=O)c2S(=O)(=O)c2ccccc2)cc1. The van der Waals surface area contributed by atoms with Crippen LogP contribution in [0.15, 0.2) is 81.3 Å². The second-order valence-electron chi connectivity index (χ2n) is 15.7. The molecule has 306 valence electrons. The molecule has 2 aromatic carbocycles. The molecule has 1 saturated heterocycles. The average molecular weight is 822 g/mol. The van der Waals surface area contributed by atoms with E-state index >= 15 is 0 Å². The first-order valence-corrected chi connectivity index (χ1v) is 20.1. The van der Waals surface area contributed by atoms with E-state index in [1.165, 1.54) is 55.5 Å². The molecule has 7 atom stereocenters. The third-order valence-electron chi connectivity index (χ3n) is 12.2. The number of hydrogen-bond donors (Lipinski definition) is 1. The number of carbonyl (C=O) groups is 6. The van der Waals surface area contributed by atoms with Gasteiger partial charge < -0.3 is 28.5 Å². The summed E-state index contributed by atoms with van der Waals surface area (Å²) < 4.78 is 58.6. The highest BCUT2D eigenvalue weighted by Crippen LogP contribution is 2.68. The van der Waals surface area contributed by atoms with Crippen molar-refractivity contribution in [2.75, 3.05) is 19.8 Å². The predicted molar refractivity (Wildman–Crippen MR) is 194 cm³/mol. The molecular formula is C40H41N2O15S+. The Hall–Kier alpha value is -5.91. The maximum Gasteiger partial charge on any atom is 0.404 e. The number of ether oxygens (including phenoxy) is 5. The fourth-order valence-corrected chi connectivity index (χ4v) is 11.0. The number of sulfone groups is 1. The van der Waals surface area contributed by atoms with Crippen molar-refractivity contribution in [2.24, 2.45) is 34.0 Å². The summed E-state index contributed by atoms with van der Waals surface area (Å²) in [7, 11) is -4.33. The van der Waals surface area contributed by atoms with Crippen LogP contribution in [0.1, 0.15) is 67.2 Å². The van der Waals surface area contributed by atoms with E-state index in [1.807, 2.05) is 13.8 Å². The van der Waals surface area contributed by atoms with Crippen LogP contribution in [0.2, 0.25) is 0 Å². The number of H-pyrrole nitrogens is 1. The van der Waals surface area contributed by atoms with Gasteiger partial charge in [0.2, 0.25) is 4.60 Å². The van der Waals surface area contributed by atoms with E-state index in [1.54, 1.807) is 6.07 Å². The number of cyclic esters (lactones) is 1. The van der Waals surface area contributed by atoms with E-state index in [0.717, 1.165) is 6.29 Å². The Labute approximate surface area is 331 Å². The molecule has 2 heterocycles. The minimum atomic E-state index is -4.33. The largest absolute Gasteiger partial charge is 0.464 e. The van der Waals surface area contributed by atoms with Crippen molar-refractivity contribution >= 4 is 45.8 Å². The number of Topliss-reactive ketones (excluding diaryl/α,β-unsaturated/α-hetero) is 1. The van der Waals surface area contributed by atoms with E-state index < -0.39 is 96.6 Å². The van der Waals surface area contributed by atoms with Crippen LogP contribution in [0.5, 0.6) is 5.88 Å². The summed E-state index contributed by atoms with van der Waals surface area (Å²) in [5.41, 5.74) is -3.85. The van der Waals surface area contributed by atoms with Gasteiger partial charge in [-0.3, -0.25) is 14.4 Å². The van der Waals surface area contributed by atoms with Crippen molar-refractivity contribution in [3.63, 3.8) is 0 Å². The highest BCUT2D eigenvalue weighted by Gasteiger charge is 2.79. The number of carbonyl (C=O) groups excluding carboxylic acids is 6. The van der Waals surface area contributed by atoms with Crippen LogP contribution < -0.4 is 9.34 Å². The third kappa shape index (κ3) is 6.24. The van der Waals surface area contributed by atoms with Crippen LogP contribution >= 0.6 is 0 Å². The fourth-order valence-electron chi connectivity index (χ4n) is 9.67. The Morgan fingerprint density at radius 3 is 2.29 bits per heavy atom. The molecule has 2 bridgehead atoms. The molecule has 2 spiro atoms. The molecule has 0 amide bonds. The van der Waals surface area contributed by atoms with Gasteiger partial charge in [-0.25, -0.2) is 18.0 Å². The van der Waals surface area contributed by atoms with Gasteiger partial charge >= 0.3 is 34.8 Å². The first-order valence-electron chi connectivity index (χ1n) is 18.6. The molecule has 1 N–H and O–H groups in total. The number of aldehydes is 1. The van der Waals surface area contributed by atoms with Gasteiger partial charge in [0.05, 0.1) is 21.4 Å². The number of hydrogen-bond acceptors (Lipinski definition) is 15. The molecule has 0 radical (unpaired) electrons. The summed E-state index contributed by atoms with van der Waals surface area (Å²) in [5, 5.41) is 1.26. The van der Waals surface area contributed by atoms with Crippen LogP contribution in [-0.2, 0) is 48.0 Å². The van der Waals surface area contributed by atoms with E-state index in [4.69, 9.17) is 23.7 Å². The zero-order valence-electron chi connectivity index (χ0n) is 31.8. The lowest BCUT2D eigenvalue weighted by atomic mass is 9.43. The van der Waals surface area contributed by atoms with E-state index in [2.05, 4.69) is 16.4 Å². The van der Waals surface area contributed by atoms with Crippen LogP contribution in [0.4, 0.5) is 0 Å². The molecule has 0 unspecified atom stereocenters. The molecule has 1 aromatic heterocycles. The number of rotatable bonds is 11. The normalized spacial score (nSPS) is 28.5. The van der Waals surface area contributed by atoms with Gasteiger partial charge in [0, 0.05) is 18.8 Å². The molecule has 4 aliphatic rings. The second kappa shape index (κ2) is 14.8. The summed E-state index contributed by atoms with van der Waals surface area (Å²) in [6.45, 7) is 8.04. The van der Waals surface area contributed by atoms with Gasteiger partial charge in [-0.05, 0) is 89.1 Å². The number of aromatic nitrogens is 2. The second-order valence-corrected chi connectivity index (χ2v) is 17.5. The summed E-state index contributed by atoms with van der Waals surface area (Å²) in [6, 6.07) is 12.3. The molecule has 3 aromatic rings. The maximum absolute atomic E-state index is 14.3. The van der Waals surface area contributed by atoms with Crippen LogP contribution in [0, 0.1) is 38.9 Å². The lowest BCUT2D eigenvalue weighted by Crippen LogP contribution is -2.71. The summed E-state index contributed by atoms with van der Waals surface area (Å²) >= 11 is 0. The molecule has 3 aliphatic carbocycles. The smallest absolute Gasteiger partial charge is 0.404 e. The highest BCUT2D eigenvalue weighted by atomic mass is 32.2. The van der Waals surface area contributed by atoms with Gasteiger partial charge in [-0.2, -0.15) is 0 Å². The van der Waals surface area contributed by atoms with E-state index in [-0.39, 0.29) is 52.4 Å². The van der Waals surface area contributed by atoms with E-state index in [0.29, 0.717) is 19.3 Å². The molecule has 18 heteroatoms. The monoisotopic (exact) mass is 821 g/mol. The standard InChI is InChI=1S/C40H41N2O15S/c1-22-27-14-15-28-39(29(20-43)38(3,4)17-16-30(39)55-23(2)44)21-54-37(48)40(28,31(22)45)32(27)56-36(47)25-12-10-24(11-13-25)35(46)53-19-18-52-33-34(42(49)57-41-33)58(50,51)26-8-6-5-7-9-26/h5-13,20,27-30,32,41H,1,14-19,21H2,2-4H3/q+1/t27-,28-,29+,30-,32+,39-,40-/m0/s1. The van der Waals surface area contributed by atoms with E-state index in [9.17, 15) is 42.1 Å². The van der Waals surface area contributed by atoms with Gasteiger partial charge in [-0.15, -0.1) is 0 Å².